The fourth-order valence-electron chi connectivity index (χ4n) is 1.19. The molecule has 16 heavy (non-hydrogen) atoms. The average Bonchev–Trinajstić information content (AvgIpc) is 2.08. The molecule has 0 aromatic heterocycles. The molecule has 88 valence electrons. The number of hydrogen-bond donors (Lipinski definition) is 0. The zero-order chi connectivity index (χ0) is 12.3. The molecule has 6 heteroatoms. The molecule has 0 saturated heterocycles. The lowest BCUT2D eigenvalue weighted by atomic mass is 10.1. The highest BCUT2D eigenvalue weighted by Crippen LogP contribution is 2.40. The highest BCUT2D eigenvalue weighted by atomic mass is 32.2. The number of Topliss-reactive ketones (excluding diaryl/α,β-unsaturated/α-hetero) is 1. The Kier molecular flexibility index (Phi) is 3.96. The topological polar surface area (TPSA) is 17.1 Å². The number of rotatable bonds is 3. The van der Waals surface area contributed by atoms with Crippen molar-refractivity contribution in [2.45, 2.75) is 23.7 Å². The van der Waals surface area contributed by atoms with Crippen LogP contribution in [0.25, 0.3) is 0 Å². The van der Waals surface area contributed by atoms with Gasteiger partial charge < -0.3 is 0 Å². The zero-order valence-corrected chi connectivity index (χ0v) is 9.08. The van der Waals surface area contributed by atoms with Gasteiger partial charge in [-0.2, -0.15) is 13.2 Å². The fraction of sp³-hybridized carbons (Fsp3) is 0.300. The Balaban J connectivity index is 3.08. The van der Waals surface area contributed by atoms with Crippen molar-refractivity contribution < 1.29 is 22.4 Å². The van der Waals surface area contributed by atoms with Crippen LogP contribution in [0.15, 0.2) is 23.1 Å². The third-order valence-electron chi connectivity index (χ3n) is 1.71. The second-order valence-corrected chi connectivity index (χ2v) is 4.23. The summed E-state index contributed by atoms with van der Waals surface area (Å²) >= 11 is -0.531. The van der Waals surface area contributed by atoms with Crippen molar-refractivity contribution in [2.75, 3.05) is 0 Å². The molecule has 1 aromatic rings. The fourth-order valence-corrected chi connectivity index (χ4v) is 1.86. The molecule has 0 radical (unpaired) electrons. The van der Waals surface area contributed by atoms with E-state index in [0.717, 1.165) is 6.07 Å². The maximum Gasteiger partial charge on any atom is 0.446 e. The summed E-state index contributed by atoms with van der Waals surface area (Å²) in [6.45, 7) is 1.24. The van der Waals surface area contributed by atoms with Gasteiger partial charge in [-0.1, -0.05) is 12.1 Å². The first-order chi connectivity index (χ1) is 7.29. The summed E-state index contributed by atoms with van der Waals surface area (Å²) in [7, 11) is 0. The van der Waals surface area contributed by atoms with Gasteiger partial charge in [0.15, 0.2) is 0 Å². The minimum atomic E-state index is -4.56. The van der Waals surface area contributed by atoms with Gasteiger partial charge in [0.25, 0.3) is 0 Å². The van der Waals surface area contributed by atoms with Crippen molar-refractivity contribution in [3.05, 3.63) is 29.6 Å². The lowest BCUT2D eigenvalue weighted by Crippen LogP contribution is -2.05. The molecule has 0 fully saturated rings. The minimum absolute atomic E-state index is 0.0647. The van der Waals surface area contributed by atoms with Crippen molar-refractivity contribution in [1.29, 1.82) is 0 Å². The quantitative estimate of drug-likeness (QED) is 0.604. The first kappa shape index (κ1) is 13.0. The van der Waals surface area contributed by atoms with Crippen molar-refractivity contribution in [1.82, 2.24) is 0 Å². The van der Waals surface area contributed by atoms with Crippen LogP contribution in [-0.2, 0) is 11.2 Å². The normalized spacial score (nSPS) is 11.6. The molecular weight excluding hydrogens is 244 g/mol. The first-order valence-electron chi connectivity index (χ1n) is 4.32. The molecule has 0 aliphatic carbocycles. The van der Waals surface area contributed by atoms with Gasteiger partial charge in [0.2, 0.25) is 0 Å². The van der Waals surface area contributed by atoms with E-state index < -0.39 is 28.0 Å². The number of carbonyl (C=O) groups excluding carboxylic acids is 1. The number of carbonyl (C=O) groups is 1. The van der Waals surface area contributed by atoms with Gasteiger partial charge in [-0.15, -0.1) is 0 Å². The van der Waals surface area contributed by atoms with Gasteiger partial charge in [-0.3, -0.25) is 4.79 Å². The van der Waals surface area contributed by atoms with Crippen molar-refractivity contribution in [3.8, 4) is 0 Å². The van der Waals surface area contributed by atoms with Gasteiger partial charge in [0.1, 0.15) is 11.6 Å². The van der Waals surface area contributed by atoms with E-state index in [1.54, 1.807) is 0 Å². The summed E-state index contributed by atoms with van der Waals surface area (Å²) in [6.07, 6.45) is -0.198. The van der Waals surface area contributed by atoms with Crippen LogP contribution in [-0.4, -0.2) is 11.3 Å². The van der Waals surface area contributed by atoms with Crippen molar-refractivity contribution in [2.24, 2.45) is 0 Å². The van der Waals surface area contributed by atoms with E-state index in [1.165, 1.54) is 19.1 Å². The maximum atomic E-state index is 13.2. The number of thioether (sulfide) groups is 1. The molecule has 0 bridgehead atoms. The summed E-state index contributed by atoms with van der Waals surface area (Å²) in [5.74, 6) is -1.27. The third kappa shape index (κ3) is 3.84. The second-order valence-electron chi connectivity index (χ2n) is 3.15. The molecule has 0 aliphatic rings. The maximum absolute atomic E-state index is 13.2. The van der Waals surface area contributed by atoms with Crippen LogP contribution in [0.4, 0.5) is 17.6 Å². The lowest BCUT2D eigenvalue weighted by Gasteiger charge is -2.10. The lowest BCUT2D eigenvalue weighted by molar-refractivity contribution is -0.116. The van der Waals surface area contributed by atoms with Crippen LogP contribution < -0.4 is 0 Å². The highest BCUT2D eigenvalue weighted by Gasteiger charge is 2.32. The van der Waals surface area contributed by atoms with Gasteiger partial charge >= 0.3 is 5.51 Å². The molecule has 1 rings (SSSR count). The number of ketones is 1. The van der Waals surface area contributed by atoms with Gasteiger partial charge in [0, 0.05) is 6.42 Å². The van der Waals surface area contributed by atoms with E-state index in [2.05, 4.69) is 0 Å². The number of hydrogen-bond acceptors (Lipinski definition) is 2. The molecule has 1 aromatic carbocycles. The largest absolute Gasteiger partial charge is 0.446 e. The van der Waals surface area contributed by atoms with E-state index in [1.807, 2.05) is 0 Å². The molecule has 0 aliphatic heterocycles. The van der Waals surface area contributed by atoms with Crippen molar-refractivity contribution >= 4 is 17.5 Å². The van der Waals surface area contributed by atoms with Crippen LogP contribution in [0.1, 0.15) is 12.5 Å². The first-order valence-corrected chi connectivity index (χ1v) is 5.14. The Morgan fingerprint density at radius 2 is 2.00 bits per heavy atom. The Bertz CT molecular complexity index is 400. The third-order valence-corrected chi connectivity index (χ3v) is 2.60. The van der Waals surface area contributed by atoms with E-state index in [4.69, 9.17) is 0 Å². The summed E-state index contributed by atoms with van der Waals surface area (Å²) in [4.78, 5) is 10.3. The molecule has 0 spiro atoms. The molecule has 0 amide bonds. The SMILES string of the molecule is CC(=O)Cc1cccc(F)c1SC(F)(F)F. The van der Waals surface area contributed by atoms with E-state index in [9.17, 15) is 22.4 Å². The van der Waals surface area contributed by atoms with E-state index in [-0.39, 0.29) is 17.8 Å². The number of alkyl halides is 3. The van der Waals surface area contributed by atoms with E-state index >= 15 is 0 Å². The minimum Gasteiger partial charge on any atom is -0.300 e. The predicted molar refractivity (Wildman–Crippen MR) is 52.7 cm³/mol. The predicted octanol–water partition coefficient (Wildman–Crippen LogP) is 3.57. The smallest absolute Gasteiger partial charge is 0.300 e. The number of benzene rings is 1. The van der Waals surface area contributed by atoms with Crippen LogP contribution in [0.5, 0.6) is 0 Å². The molecule has 0 unspecified atom stereocenters. The standard InChI is InChI=1S/C10H8F4OS/c1-6(15)5-7-3-2-4-8(11)9(7)16-10(12,13)14/h2-4H,5H2,1H3. The molecule has 1 nitrogen and oxygen atoms in total. The average molecular weight is 252 g/mol. The highest BCUT2D eigenvalue weighted by molar-refractivity contribution is 8.00. The molecular formula is C10H8F4OS. The summed E-state index contributed by atoms with van der Waals surface area (Å²) in [5.41, 5.74) is -4.50. The Labute approximate surface area is 93.8 Å². The Morgan fingerprint density at radius 3 is 2.50 bits per heavy atom. The second kappa shape index (κ2) is 4.86. The van der Waals surface area contributed by atoms with Gasteiger partial charge in [0.05, 0.1) is 4.90 Å². The summed E-state index contributed by atoms with van der Waals surface area (Å²) in [6, 6.07) is 3.55. The molecule has 0 atom stereocenters. The zero-order valence-electron chi connectivity index (χ0n) is 8.27. The van der Waals surface area contributed by atoms with Gasteiger partial charge in [-0.05, 0) is 30.3 Å². The monoisotopic (exact) mass is 252 g/mol. The summed E-state index contributed by atoms with van der Waals surface area (Å²) in [5, 5.41) is 0. The summed E-state index contributed by atoms with van der Waals surface area (Å²) < 4.78 is 49.6. The number of halogens is 4. The van der Waals surface area contributed by atoms with E-state index in [0.29, 0.717) is 0 Å². The Hall–Kier alpha value is -1.04. The van der Waals surface area contributed by atoms with Crippen LogP contribution in [0.2, 0.25) is 0 Å². The Morgan fingerprint density at radius 1 is 1.38 bits per heavy atom. The van der Waals surface area contributed by atoms with Crippen LogP contribution in [0, 0.1) is 5.82 Å². The van der Waals surface area contributed by atoms with Crippen LogP contribution in [0.3, 0.4) is 0 Å². The van der Waals surface area contributed by atoms with Gasteiger partial charge in [-0.25, -0.2) is 4.39 Å². The van der Waals surface area contributed by atoms with Crippen molar-refractivity contribution in [3.63, 3.8) is 0 Å². The molecule has 0 heterocycles. The molecule has 0 saturated carbocycles. The van der Waals surface area contributed by atoms with Crippen LogP contribution >= 0.6 is 11.8 Å². The molecule has 0 N–H and O–H groups in total.